The quantitative estimate of drug-likeness (QED) is 0.104. The largest absolute Gasteiger partial charge is 0.421 e. The summed E-state index contributed by atoms with van der Waals surface area (Å²) in [5, 5.41) is 5.96. The van der Waals surface area contributed by atoms with E-state index >= 15 is 0 Å². The van der Waals surface area contributed by atoms with Crippen LogP contribution in [0.4, 0.5) is 0 Å². The van der Waals surface area contributed by atoms with Gasteiger partial charge in [0.2, 0.25) is 0 Å². The molecule has 0 saturated heterocycles. The van der Waals surface area contributed by atoms with Crippen molar-refractivity contribution >= 4 is 89.7 Å². The van der Waals surface area contributed by atoms with Gasteiger partial charge in [-0.3, -0.25) is 4.79 Å². The Morgan fingerprint density at radius 3 is 2.38 bits per heavy atom. The van der Waals surface area contributed by atoms with Gasteiger partial charge in [0.05, 0.1) is 32.2 Å². The molecule has 6 nitrogen and oxygen atoms in total. The van der Waals surface area contributed by atoms with E-state index in [4.69, 9.17) is 39.5 Å². The third kappa shape index (κ3) is 5.95. The van der Waals surface area contributed by atoms with Gasteiger partial charge in [0.1, 0.15) is 0 Å². The van der Waals surface area contributed by atoms with E-state index in [1.165, 1.54) is 23.0 Å². The number of aromatic nitrogens is 2. The fraction of sp³-hybridized carbons (Fsp3) is 0. The van der Waals surface area contributed by atoms with E-state index in [0.717, 1.165) is 0 Å². The molecular weight excluding hydrogens is 692 g/mol. The van der Waals surface area contributed by atoms with Gasteiger partial charge in [-0.1, -0.05) is 62.9 Å². The minimum atomic E-state index is -0.694. The minimum Gasteiger partial charge on any atom is -0.421 e. The lowest BCUT2D eigenvalue weighted by Gasteiger charge is -2.12. The predicted molar refractivity (Wildman–Crippen MR) is 163 cm³/mol. The number of ether oxygens (including phenoxy) is 1. The summed E-state index contributed by atoms with van der Waals surface area (Å²) >= 11 is 25.1. The Hall–Kier alpha value is -3.01. The van der Waals surface area contributed by atoms with Crippen LogP contribution in [-0.2, 0) is 0 Å². The smallest absolute Gasteiger partial charge is 0.345 e. The molecule has 4 aromatic carbocycles. The van der Waals surface area contributed by atoms with Gasteiger partial charge in [-0.05, 0) is 82.7 Å². The van der Waals surface area contributed by atoms with Crippen LogP contribution in [0.2, 0.25) is 15.1 Å². The van der Waals surface area contributed by atoms with Gasteiger partial charge < -0.3 is 4.74 Å². The zero-order valence-corrected chi connectivity index (χ0v) is 25.0. The van der Waals surface area contributed by atoms with Crippen molar-refractivity contribution in [3.8, 4) is 17.1 Å². The molecule has 39 heavy (non-hydrogen) atoms. The summed E-state index contributed by atoms with van der Waals surface area (Å²) in [6, 6.07) is 21.8. The highest BCUT2D eigenvalue weighted by atomic mass is 79.9. The average Bonchev–Trinajstić information content (AvgIpc) is 2.90. The van der Waals surface area contributed by atoms with Crippen LogP contribution < -0.4 is 10.3 Å². The van der Waals surface area contributed by atoms with Crippen LogP contribution in [-0.4, -0.2) is 21.8 Å². The predicted octanol–water partition coefficient (Wildman–Crippen LogP) is 8.65. The summed E-state index contributed by atoms with van der Waals surface area (Å²) in [4.78, 5) is 31.2. The number of carbonyl (C=O) groups is 1. The molecule has 0 radical (unpaired) electrons. The van der Waals surface area contributed by atoms with E-state index < -0.39 is 5.97 Å². The Labute approximate surface area is 254 Å². The first-order valence-electron chi connectivity index (χ1n) is 11.2. The van der Waals surface area contributed by atoms with Crippen LogP contribution >= 0.6 is 66.7 Å². The van der Waals surface area contributed by atoms with Gasteiger partial charge >= 0.3 is 5.97 Å². The molecule has 0 fully saturated rings. The lowest BCUT2D eigenvalue weighted by molar-refractivity contribution is 0.0733. The second kappa shape index (κ2) is 11.6. The Morgan fingerprint density at radius 2 is 1.64 bits per heavy atom. The summed E-state index contributed by atoms with van der Waals surface area (Å²) in [5.41, 5.74) is 1.33. The number of esters is 1. The van der Waals surface area contributed by atoms with Gasteiger partial charge in [0.25, 0.3) is 5.56 Å². The van der Waals surface area contributed by atoms with Crippen molar-refractivity contribution in [1.29, 1.82) is 0 Å². The number of benzene rings is 4. The van der Waals surface area contributed by atoms with Crippen molar-refractivity contribution in [2.75, 3.05) is 0 Å². The van der Waals surface area contributed by atoms with Gasteiger partial charge in [0.15, 0.2) is 11.6 Å². The number of fused-ring (bicyclic) bond motifs is 1. The molecule has 0 spiro atoms. The first-order chi connectivity index (χ1) is 18.7. The standard InChI is InChI=1S/C28H14Br2Cl3N3O3/c29-17-11-16(25(22(30)12-17)39-28(38)20-10-9-19(32)13-23(20)33)14-34-36-26(15-5-7-18(31)8-6-15)35-24-4-2-1-3-21(24)27(36)37/h1-14H. The maximum Gasteiger partial charge on any atom is 0.345 e. The molecule has 0 aliphatic rings. The summed E-state index contributed by atoms with van der Waals surface area (Å²) in [6.07, 6.45) is 1.42. The van der Waals surface area contributed by atoms with Crippen molar-refractivity contribution in [2.24, 2.45) is 5.10 Å². The number of halogens is 5. The second-order valence-corrected chi connectivity index (χ2v) is 11.2. The molecule has 5 rings (SSSR count). The van der Waals surface area contributed by atoms with Crippen molar-refractivity contribution < 1.29 is 9.53 Å². The van der Waals surface area contributed by atoms with Gasteiger partial charge in [-0.15, -0.1) is 0 Å². The molecule has 0 aliphatic heterocycles. The van der Waals surface area contributed by atoms with Gasteiger partial charge in [0, 0.05) is 25.6 Å². The van der Waals surface area contributed by atoms with E-state index in [2.05, 4.69) is 41.9 Å². The van der Waals surface area contributed by atoms with Gasteiger partial charge in [-0.25, -0.2) is 9.78 Å². The Balaban J connectivity index is 1.62. The fourth-order valence-electron chi connectivity index (χ4n) is 3.72. The highest BCUT2D eigenvalue weighted by molar-refractivity contribution is 9.11. The van der Waals surface area contributed by atoms with Gasteiger partial charge in [-0.2, -0.15) is 9.78 Å². The summed E-state index contributed by atoms with van der Waals surface area (Å²) < 4.78 is 8.06. The lowest BCUT2D eigenvalue weighted by atomic mass is 10.2. The first kappa shape index (κ1) is 27.6. The van der Waals surface area contributed by atoms with E-state index in [1.807, 2.05) is 0 Å². The average molecular weight is 707 g/mol. The molecule has 5 aromatic rings. The third-order valence-electron chi connectivity index (χ3n) is 5.55. The van der Waals surface area contributed by atoms with Crippen LogP contribution in [0, 0.1) is 0 Å². The number of para-hydroxylation sites is 1. The van der Waals surface area contributed by atoms with Crippen molar-refractivity contribution in [3.63, 3.8) is 0 Å². The topological polar surface area (TPSA) is 73.5 Å². The molecule has 0 unspecified atom stereocenters. The van der Waals surface area contributed by atoms with Crippen LogP contribution in [0.15, 0.2) is 97.7 Å². The summed E-state index contributed by atoms with van der Waals surface area (Å²) in [6.45, 7) is 0. The molecule has 0 amide bonds. The molecule has 1 aromatic heterocycles. The highest BCUT2D eigenvalue weighted by Gasteiger charge is 2.19. The molecule has 194 valence electrons. The van der Waals surface area contributed by atoms with E-state index in [9.17, 15) is 9.59 Å². The van der Waals surface area contributed by atoms with Crippen LogP contribution in [0.3, 0.4) is 0 Å². The SMILES string of the molecule is O=C(Oc1c(Br)cc(Br)cc1C=Nn1c(-c2ccc(Cl)cc2)nc2ccccc2c1=O)c1ccc(Cl)cc1Cl. The van der Waals surface area contributed by atoms with E-state index in [0.29, 0.717) is 46.8 Å². The number of rotatable bonds is 5. The van der Waals surface area contributed by atoms with Crippen LogP contribution in [0.1, 0.15) is 15.9 Å². The minimum absolute atomic E-state index is 0.138. The van der Waals surface area contributed by atoms with Crippen molar-refractivity contribution in [2.45, 2.75) is 0 Å². The number of carbonyl (C=O) groups excluding carboxylic acids is 1. The maximum absolute atomic E-state index is 13.5. The molecule has 0 atom stereocenters. The Bertz CT molecular complexity index is 1840. The Kier molecular flexibility index (Phi) is 8.21. The first-order valence-corrected chi connectivity index (χ1v) is 13.9. The fourth-order valence-corrected chi connectivity index (χ4v) is 5.67. The monoisotopic (exact) mass is 703 g/mol. The Morgan fingerprint density at radius 1 is 0.923 bits per heavy atom. The zero-order valence-electron chi connectivity index (χ0n) is 19.5. The van der Waals surface area contributed by atoms with E-state index in [-0.39, 0.29) is 21.9 Å². The third-order valence-corrected chi connectivity index (χ3v) is 7.40. The maximum atomic E-state index is 13.5. The molecule has 0 aliphatic carbocycles. The second-order valence-electron chi connectivity index (χ2n) is 8.14. The molecule has 0 N–H and O–H groups in total. The normalized spacial score (nSPS) is 11.3. The molecule has 1 heterocycles. The molecule has 11 heteroatoms. The zero-order chi connectivity index (χ0) is 27.7. The number of nitrogens with zero attached hydrogens (tertiary/aromatic N) is 3. The molecule has 0 bridgehead atoms. The van der Waals surface area contributed by atoms with Crippen molar-refractivity contribution in [3.05, 3.63) is 124 Å². The number of hydrogen-bond donors (Lipinski definition) is 0. The molecular formula is C28H14Br2Cl3N3O3. The summed E-state index contributed by atoms with van der Waals surface area (Å²) in [7, 11) is 0. The van der Waals surface area contributed by atoms with Crippen LogP contribution in [0.5, 0.6) is 5.75 Å². The lowest BCUT2D eigenvalue weighted by Crippen LogP contribution is -2.20. The molecule has 0 saturated carbocycles. The summed E-state index contributed by atoms with van der Waals surface area (Å²) in [5.74, 6) is -0.208. The highest BCUT2D eigenvalue weighted by Crippen LogP contribution is 2.34. The van der Waals surface area contributed by atoms with E-state index in [1.54, 1.807) is 66.7 Å². The van der Waals surface area contributed by atoms with Crippen molar-refractivity contribution in [1.82, 2.24) is 9.66 Å². The van der Waals surface area contributed by atoms with Crippen LogP contribution in [0.25, 0.3) is 22.3 Å². The number of hydrogen-bond acceptors (Lipinski definition) is 5.